The highest BCUT2D eigenvalue weighted by atomic mass is 32.2. The molecule has 2 unspecified atom stereocenters. The maximum Gasteiger partial charge on any atom is 0.123 e. The summed E-state index contributed by atoms with van der Waals surface area (Å²) in [6.45, 7) is 8.89. The van der Waals surface area contributed by atoms with E-state index in [-0.39, 0.29) is 11.9 Å². The quantitative estimate of drug-likeness (QED) is 0.827. The number of hydrogen-bond donors (Lipinski definition) is 1. The molecule has 0 bridgehead atoms. The summed E-state index contributed by atoms with van der Waals surface area (Å²) in [7, 11) is 0. The molecule has 2 rings (SSSR count). The van der Waals surface area contributed by atoms with E-state index in [1.807, 2.05) is 12.1 Å². The van der Waals surface area contributed by atoms with E-state index < -0.39 is 0 Å². The summed E-state index contributed by atoms with van der Waals surface area (Å²) in [6.07, 6.45) is 2.14. The van der Waals surface area contributed by atoms with Gasteiger partial charge in [0.15, 0.2) is 0 Å². The van der Waals surface area contributed by atoms with Crippen molar-refractivity contribution in [3.63, 3.8) is 0 Å². The third-order valence-electron chi connectivity index (χ3n) is 3.95. The zero-order valence-corrected chi connectivity index (χ0v) is 14.0. The average molecular weight is 310 g/mol. The number of hydrogen-bond acceptors (Lipinski definition) is 3. The maximum absolute atomic E-state index is 13.5. The summed E-state index contributed by atoms with van der Waals surface area (Å²) in [4.78, 5) is 2.54. The van der Waals surface area contributed by atoms with E-state index in [1.54, 1.807) is 6.07 Å². The maximum atomic E-state index is 13.5. The van der Waals surface area contributed by atoms with Gasteiger partial charge in [-0.05, 0) is 37.1 Å². The van der Waals surface area contributed by atoms with E-state index in [0.29, 0.717) is 0 Å². The summed E-state index contributed by atoms with van der Waals surface area (Å²) in [6, 6.07) is 7.28. The van der Waals surface area contributed by atoms with Crippen molar-refractivity contribution in [2.24, 2.45) is 0 Å². The Labute approximate surface area is 132 Å². The summed E-state index contributed by atoms with van der Waals surface area (Å²) in [5.41, 5.74) is 1.07. The van der Waals surface area contributed by atoms with E-state index in [4.69, 9.17) is 0 Å². The Hall–Kier alpha value is -0.580. The van der Waals surface area contributed by atoms with Gasteiger partial charge in [0.1, 0.15) is 5.82 Å². The molecule has 118 valence electrons. The molecule has 0 amide bonds. The number of rotatable bonds is 7. The molecule has 4 heteroatoms. The molecule has 21 heavy (non-hydrogen) atoms. The van der Waals surface area contributed by atoms with E-state index >= 15 is 0 Å². The normalized spacial score (nSPS) is 21.4. The van der Waals surface area contributed by atoms with Crippen molar-refractivity contribution >= 4 is 11.8 Å². The highest BCUT2D eigenvalue weighted by molar-refractivity contribution is 7.99. The molecule has 1 saturated heterocycles. The second-order valence-corrected chi connectivity index (χ2v) is 7.38. The fourth-order valence-electron chi connectivity index (χ4n) is 2.83. The van der Waals surface area contributed by atoms with Crippen LogP contribution in [0.3, 0.4) is 0 Å². The van der Waals surface area contributed by atoms with Gasteiger partial charge in [-0.2, -0.15) is 11.8 Å². The van der Waals surface area contributed by atoms with Crippen molar-refractivity contribution in [1.29, 1.82) is 0 Å². The summed E-state index contributed by atoms with van der Waals surface area (Å²) in [5, 5.41) is 4.30. The Morgan fingerprint density at radius 2 is 2.33 bits per heavy atom. The van der Waals surface area contributed by atoms with Gasteiger partial charge in [-0.15, -0.1) is 0 Å². The predicted molar refractivity (Wildman–Crippen MR) is 90.4 cm³/mol. The third-order valence-corrected chi connectivity index (χ3v) is 5.09. The smallest absolute Gasteiger partial charge is 0.123 e. The number of halogens is 1. The Bertz CT molecular complexity index is 427. The van der Waals surface area contributed by atoms with Gasteiger partial charge in [0.25, 0.3) is 0 Å². The minimum Gasteiger partial charge on any atom is -0.310 e. The van der Waals surface area contributed by atoms with Crippen LogP contribution in [0.2, 0.25) is 0 Å². The van der Waals surface area contributed by atoms with Gasteiger partial charge < -0.3 is 10.2 Å². The number of nitrogens with one attached hydrogen (secondary N) is 1. The van der Waals surface area contributed by atoms with Gasteiger partial charge in [0.2, 0.25) is 0 Å². The zero-order valence-electron chi connectivity index (χ0n) is 13.1. The first-order chi connectivity index (χ1) is 10.2. The van der Waals surface area contributed by atoms with Crippen LogP contribution in [0.1, 0.15) is 38.3 Å². The first kappa shape index (κ1) is 16.8. The number of thioether (sulfide) groups is 1. The molecule has 2 nitrogen and oxygen atoms in total. The van der Waals surface area contributed by atoms with Crippen molar-refractivity contribution in [1.82, 2.24) is 10.2 Å². The summed E-state index contributed by atoms with van der Waals surface area (Å²) in [5.74, 6) is 1.09. The van der Waals surface area contributed by atoms with Gasteiger partial charge >= 0.3 is 0 Å². The Kier molecular flexibility index (Phi) is 7.00. The van der Waals surface area contributed by atoms with Crippen molar-refractivity contribution in [3.8, 4) is 0 Å². The molecule has 2 atom stereocenters. The molecule has 0 aliphatic carbocycles. The van der Waals surface area contributed by atoms with Crippen LogP contribution in [-0.2, 0) is 0 Å². The van der Waals surface area contributed by atoms with Crippen LogP contribution >= 0.6 is 11.8 Å². The SMILES string of the molecule is CCCNC(CCN1CCSC(C)C1)c1cccc(F)c1. The second kappa shape index (κ2) is 8.76. The molecule has 1 aromatic rings. The lowest BCUT2D eigenvalue weighted by atomic mass is 10.0. The van der Waals surface area contributed by atoms with Crippen molar-refractivity contribution < 1.29 is 4.39 Å². The Morgan fingerprint density at radius 3 is 3.05 bits per heavy atom. The minimum absolute atomic E-state index is 0.140. The van der Waals surface area contributed by atoms with Gasteiger partial charge in [-0.25, -0.2) is 4.39 Å². The Balaban J connectivity index is 1.92. The van der Waals surface area contributed by atoms with E-state index in [2.05, 4.69) is 35.8 Å². The monoisotopic (exact) mass is 310 g/mol. The standard InChI is InChI=1S/C17H27FN2S/c1-3-8-19-17(15-5-4-6-16(18)12-15)7-9-20-10-11-21-14(2)13-20/h4-6,12,14,17,19H,3,7-11,13H2,1-2H3. The van der Waals surface area contributed by atoms with Gasteiger partial charge in [-0.1, -0.05) is 26.0 Å². The van der Waals surface area contributed by atoms with Crippen LogP contribution in [0.4, 0.5) is 4.39 Å². The largest absolute Gasteiger partial charge is 0.310 e. The number of nitrogens with zero attached hydrogens (tertiary/aromatic N) is 1. The fourth-order valence-corrected chi connectivity index (χ4v) is 3.92. The van der Waals surface area contributed by atoms with Crippen LogP contribution in [0.15, 0.2) is 24.3 Å². The first-order valence-corrected chi connectivity index (χ1v) is 9.06. The van der Waals surface area contributed by atoms with Crippen molar-refractivity contribution in [3.05, 3.63) is 35.6 Å². The molecular formula is C17H27FN2S. The van der Waals surface area contributed by atoms with E-state index in [9.17, 15) is 4.39 Å². The molecule has 0 aromatic heterocycles. The van der Waals surface area contributed by atoms with Crippen LogP contribution in [0.25, 0.3) is 0 Å². The molecule has 1 aromatic carbocycles. The van der Waals surface area contributed by atoms with Crippen LogP contribution in [0.5, 0.6) is 0 Å². The van der Waals surface area contributed by atoms with Gasteiger partial charge in [-0.3, -0.25) is 0 Å². The predicted octanol–water partition coefficient (Wildman–Crippen LogP) is 3.69. The highest BCUT2D eigenvalue weighted by Gasteiger charge is 2.18. The highest BCUT2D eigenvalue weighted by Crippen LogP contribution is 2.21. The van der Waals surface area contributed by atoms with Crippen LogP contribution in [-0.4, -0.2) is 42.1 Å². The number of benzene rings is 1. The molecule has 0 radical (unpaired) electrons. The van der Waals surface area contributed by atoms with Gasteiger partial charge in [0.05, 0.1) is 0 Å². The van der Waals surface area contributed by atoms with Gasteiger partial charge in [0, 0.05) is 36.7 Å². The minimum atomic E-state index is -0.140. The lowest BCUT2D eigenvalue weighted by molar-refractivity contribution is 0.267. The summed E-state index contributed by atoms with van der Waals surface area (Å²) >= 11 is 2.06. The third kappa shape index (κ3) is 5.61. The van der Waals surface area contributed by atoms with Crippen molar-refractivity contribution in [2.45, 2.75) is 38.0 Å². The van der Waals surface area contributed by atoms with Crippen LogP contribution < -0.4 is 5.32 Å². The average Bonchev–Trinajstić information content (AvgIpc) is 2.47. The molecule has 1 fully saturated rings. The topological polar surface area (TPSA) is 15.3 Å². The lowest BCUT2D eigenvalue weighted by Crippen LogP contribution is -2.38. The molecule has 0 saturated carbocycles. The van der Waals surface area contributed by atoms with E-state index in [1.165, 1.54) is 24.9 Å². The Morgan fingerprint density at radius 1 is 1.48 bits per heavy atom. The summed E-state index contributed by atoms with van der Waals surface area (Å²) < 4.78 is 13.5. The van der Waals surface area contributed by atoms with Crippen molar-refractivity contribution in [2.75, 3.05) is 31.9 Å². The zero-order chi connectivity index (χ0) is 15.1. The molecule has 1 aliphatic heterocycles. The molecule has 0 spiro atoms. The molecular weight excluding hydrogens is 283 g/mol. The van der Waals surface area contributed by atoms with E-state index in [0.717, 1.165) is 36.7 Å². The molecule has 1 N–H and O–H groups in total. The van der Waals surface area contributed by atoms with Crippen LogP contribution in [0, 0.1) is 5.82 Å². The molecule has 1 heterocycles. The lowest BCUT2D eigenvalue weighted by Gasteiger charge is -2.32. The first-order valence-electron chi connectivity index (χ1n) is 8.02. The fraction of sp³-hybridized carbons (Fsp3) is 0.647. The second-order valence-electron chi connectivity index (χ2n) is 5.83. The molecule has 1 aliphatic rings.